The van der Waals surface area contributed by atoms with Crippen LogP contribution in [0.15, 0.2) is 0 Å². The van der Waals surface area contributed by atoms with Crippen LogP contribution in [0.5, 0.6) is 0 Å². The minimum Gasteiger partial charge on any atom is -0.480 e. The number of ether oxygens (including phenoxy) is 1. The molecule has 1 saturated heterocycles. The van der Waals surface area contributed by atoms with E-state index in [1.807, 2.05) is 0 Å². The van der Waals surface area contributed by atoms with Gasteiger partial charge >= 0.3 is 12.1 Å². The molecule has 1 rings (SSSR count). The first-order valence-corrected chi connectivity index (χ1v) is 7.32. The number of rotatable bonds is 5. The highest BCUT2D eigenvalue weighted by molar-refractivity contribution is 5.81. The molecule has 0 saturated carbocycles. The lowest BCUT2D eigenvalue weighted by Gasteiger charge is -2.26. The summed E-state index contributed by atoms with van der Waals surface area (Å²) >= 11 is 0. The SMILES string of the molecule is CC(=O)CCCC1CC(C(=O)O)N(C(=O)OC(C)(C)C)C1. The number of carboxylic acid groups (broad SMARTS) is 1. The van der Waals surface area contributed by atoms with Gasteiger partial charge in [0.15, 0.2) is 0 Å². The molecule has 0 bridgehead atoms. The van der Waals surface area contributed by atoms with Crippen molar-refractivity contribution in [3.63, 3.8) is 0 Å². The average molecular weight is 299 g/mol. The number of Topliss-reactive ketones (excluding diaryl/α,β-unsaturated/α-hetero) is 1. The number of hydrogen-bond donors (Lipinski definition) is 1. The fourth-order valence-electron chi connectivity index (χ4n) is 2.53. The van der Waals surface area contributed by atoms with E-state index < -0.39 is 23.7 Å². The van der Waals surface area contributed by atoms with Crippen LogP contribution in [0.2, 0.25) is 0 Å². The summed E-state index contributed by atoms with van der Waals surface area (Å²) in [5, 5.41) is 9.26. The molecule has 1 aliphatic rings. The van der Waals surface area contributed by atoms with Crippen molar-refractivity contribution < 1.29 is 24.2 Å². The molecule has 1 amide bonds. The van der Waals surface area contributed by atoms with E-state index in [-0.39, 0.29) is 11.7 Å². The van der Waals surface area contributed by atoms with Gasteiger partial charge in [-0.2, -0.15) is 0 Å². The van der Waals surface area contributed by atoms with Crippen LogP contribution < -0.4 is 0 Å². The summed E-state index contributed by atoms with van der Waals surface area (Å²) in [4.78, 5) is 35.6. The second-order valence-electron chi connectivity index (χ2n) is 6.68. The molecule has 21 heavy (non-hydrogen) atoms. The standard InChI is InChI=1S/C15H25NO5/c1-10(17)6-5-7-11-8-12(13(18)19)16(9-11)14(20)21-15(2,3)4/h11-12H,5-9H2,1-4H3,(H,18,19). The van der Waals surface area contributed by atoms with E-state index in [2.05, 4.69) is 0 Å². The summed E-state index contributed by atoms with van der Waals surface area (Å²) in [6.45, 7) is 7.18. The highest BCUT2D eigenvalue weighted by atomic mass is 16.6. The van der Waals surface area contributed by atoms with E-state index in [0.29, 0.717) is 19.4 Å². The molecule has 0 spiro atoms. The smallest absolute Gasteiger partial charge is 0.411 e. The molecule has 0 aromatic heterocycles. The lowest BCUT2D eigenvalue weighted by atomic mass is 9.98. The third-order valence-electron chi connectivity index (χ3n) is 3.44. The van der Waals surface area contributed by atoms with Crippen LogP contribution >= 0.6 is 0 Å². The largest absolute Gasteiger partial charge is 0.480 e. The molecule has 120 valence electrons. The molecular weight excluding hydrogens is 274 g/mol. The first kappa shape index (κ1) is 17.5. The number of nitrogens with zero attached hydrogens (tertiary/aromatic N) is 1. The van der Waals surface area contributed by atoms with Crippen molar-refractivity contribution in [3.05, 3.63) is 0 Å². The molecule has 0 radical (unpaired) electrons. The molecule has 0 aliphatic carbocycles. The Morgan fingerprint density at radius 3 is 2.38 bits per heavy atom. The summed E-state index contributed by atoms with van der Waals surface area (Å²) in [6.07, 6.45) is 1.83. The maximum atomic E-state index is 12.1. The Bertz CT molecular complexity index is 413. The third-order valence-corrected chi connectivity index (χ3v) is 3.44. The molecule has 1 aliphatic heterocycles. The van der Waals surface area contributed by atoms with E-state index in [9.17, 15) is 19.5 Å². The molecule has 0 aromatic carbocycles. The number of carboxylic acids is 1. The van der Waals surface area contributed by atoms with Crippen LogP contribution in [0.3, 0.4) is 0 Å². The fraction of sp³-hybridized carbons (Fsp3) is 0.800. The second kappa shape index (κ2) is 6.91. The van der Waals surface area contributed by atoms with Gasteiger partial charge in [0.2, 0.25) is 0 Å². The minimum atomic E-state index is -1.00. The van der Waals surface area contributed by atoms with Gasteiger partial charge in [-0.1, -0.05) is 0 Å². The summed E-state index contributed by atoms with van der Waals surface area (Å²) in [5.41, 5.74) is -0.646. The first-order chi connectivity index (χ1) is 9.60. The van der Waals surface area contributed by atoms with Gasteiger partial charge < -0.3 is 14.6 Å². The van der Waals surface area contributed by atoms with Gasteiger partial charge in [0, 0.05) is 13.0 Å². The summed E-state index contributed by atoms with van der Waals surface area (Å²) in [7, 11) is 0. The van der Waals surface area contributed by atoms with Gasteiger partial charge in [0.05, 0.1) is 0 Å². The summed E-state index contributed by atoms with van der Waals surface area (Å²) < 4.78 is 5.26. The zero-order valence-electron chi connectivity index (χ0n) is 13.2. The Balaban J connectivity index is 2.63. The zero-order valence-corrected chi connectivity index (χ0v) is 13.2. The van der Waals surface area contributed by atoms with Crippen LogP contribution in [0, 0.1) is 5.92 Å². The fourth-order valence-corrected chi connectivity index (χ4v) is 2.53. The predicted octanol–water partition coefficient (Wildman–Crippen LogP) is 2.46. The zero-order chi connectivity index (χ0) is 16.2. The Morgan fingerprint density at radius 1 is 1.29 bits per heavy atom. The lowest BCUT2D eigenvalue weighted by Crippen LogP contribution is -2.43. The van der Waals surface area contributed by atoms with Crippen LogP contribution in [-0.4, -0.2) is 46.0 Å². The van der Waals surface area contributed by atoms with Crippen molar-refractivity contribution in [2.45, 2.75) is 65.0 Å². The van der Waals surface area contributed by atoms with Crippen molar-refractivity contribution in [1.82, 2.24) is 4.90 Å². The van der Waals surface area contributed by atoms with Crippen LogP contribution in [0.25, 0.3) is 0 Å². The summed E-state index contributed by atoms with van der Waals surface area (Å²) in [6, 6.07) is -0.831. The van der Waals surface area contributed by atoms with Crippen LogP contribution in [-0.2, 0) is 14.3 Å². The average Bonchev–Trinajstić information content (AvgIpc) is 2.70. The monoisotopic (exact) mass is 299 g/mol. The molecule has 1 heterocycles. The van der Waals surface area contributed by atoms with Gasteiger partial charge in [-0.05, 0) is 52.9 Å². The normalized spacial score (nSPS) is 22.2. The van der Waals surface area contributed by atoms with Crippen molar-refractivity contribution in [2.24, 2.45) is 5.92 Å². The summed E-state index contributed by atoms with van der Waals surface area (Å²) in [5.74, 6) is -0.764. The van der Waals surface area contributed by atoms with Crippen molar-refractivity contribution in [3.8, 4) is 0 Å². The Morgan fingerprint density at radius 2 is 1.90 bits per heavy atom. The predicted molar refractivity (Wildman–Crippen MR) is 77.0 cm³/mol. The molecule has 0 aromatic rings. The molecule has 1 N–H and O–H groups in total. The van der Waals surface area contributed by atoms with E-state index in [0.717, 1.165) is 12.8 Å². The molecule has 6 heteroatoms. The number of carbonyl (C=O) groups excluding carboxylic acids is 2. The number of likely N-dealkylation sites (tertiary alicyclic amines) is 1. The number of aliphatic carboxylic acids is 1. The highest BCUT2D eigenvalue weighted by Gasteiger charge is 2.41. The van der Waals surface area contributed by atoms with Crippen molar-refractivity contribution >= 4 is 17.8 Å². The van der Waals surface area contributed by atoms with Gasteiger partial charge in [-0.15, -0.1) is 0 Å². The topological polar surface area (TPSA) is 83.9 Å². The van der Waals surface area contributed by atoms with E-state index in [4.69, 9.17) is 4.74 Å². The number of ketones is 1. The number of amides is 1. The first-order valence-electron chi connectivity index (χ1n) is 7.32. The maximum absolute atomic E-state index is 12.1. The van der Waals surface area contributed by atoms with Gasteiger partial charge in [-0.25, -0.2) is 9.59 Å². The minimum absolute atomic E-state index is 0.109. The molecule has 2 unspecified atom stereocenters. The van der Waals surface area contributed by atoms with Crippen LogP contribution in [0.1, 0.15) is 53.4 Å². The Kier molecular flexibility index (Phi) is 5.75. The van der Waals surface area contributed by atoms with Gasteiger partial charge in [-0.3, -0.25) is 4.90 Å². The quantitative estimate of drug-likeness (QED) is 0.843. The lowest BCUT2D eigenvalue weighted by molar-refractivity contribution is -0.142. The van der Waals surface area contributed by atoms with E-state index >= 15 is 0 Å². The molecule has 1 fully saturated rings. The Hall–Kier alpha value is -1.59. The highest BCUT2D eigenvalue weighted by Crippen LogP contribution is 2.29. The molecule has 6 nitrogen and oxygen atoms in total. The maximum Gasteiger partial charge on any atom is 0.411 e. The van der Waals surface area contributed by atoms with E-state index in [1.165, 1.54) is 4.90 Å². The van der Waals surface area contributed by atoms with Gasteiger partial charge in [0.25, 0.3) is 0 Å². The molecule has 2 atom stereocenters. The van der Waals surface area contributed by atoms with Crippen molar-refractivity contribution in [2.75, 3.05) is 6.54 Å². The van der Waals surface area contributed by atoms with Gasteiger partial charge in [0.1, 0.15) is 17.4 Å². The van der Waals surface area contributed by atoms with Crippen molar-refractivity contribution in [1.29, 1.82) is 0 Å². The Labute approximate surface area is 125 Å². The van der Waals surface area contributed by atoms with E-state index in [1.54, 1.807) is 27.7 Å². The number of carbonyl (C=O) groups is 3. The molecular formula is C15H25NO5. The third kappa shape index (κ3) is 5.73. The van der Waals surface area contributed by atoms with Crippen LogP contribution in [0.4, 0.5) is 4.79 Å². The second-order valence-corrected chi connectivity index (χ2v) is 6.68. The number of hydrogen-bond acceptors (Lipinski definition) is 4.